The lowest BCUT2D eigenvalue weighted by Crippen LogP contribution is -2.40. The molecule has 5 rings (SSSR count). The topological polar surface area (TPSA) is 100.0 Å². The number of aromatic nitrogens is 2. The summed E-state index contributed by atoms with van der Waals surface area (Å²) in [6.07, 6.45) is 4.20. The van der Waals surface area contributed by atoms with Gasteiger partial charge in [-0.15, -0.1) is 11.8 Å². The molecule has 0 radical (unpaired) electrons. The van der Waals surface area contributed by atoms with Crippen molar-refractivity contribution in [2.24, 2.45) is 5.92 Å². The van der Waals surface area contributed by atoms with E-state index in [1.807, 2.05) is 0 Å². The van der Waals surface area contributed by atoms with E-state index in [1.54, 1.807) is 42.2 Å². The summed E-state index contributed by atoms with van der Waals surface area (Å²) in [7, 11) is -4.09. The zero-order valence-corrected chi connectivity index (χ0v) is 27.8. The summed E-state index contributed by atoms with van der Waals surface area (Å²) in [5, 5.41) is 3.39. The van der Waals surface area contributed by atoms with Gasteiger partial charge in [-0.25, -0.2) is 17.9 Å². The maximum absolute atomic E-state index is 13.7. The molecule has 0 N–H and O–H groups in total. The Morgan fingerprint density at radius 2 is 1.89 bits per heavy atom. The number of carbonyl (C=O) groups is 1. The summed E-state index contributed by atoms with van der Waals surface area (Å²) in [5.41, 5.74) is 1.44. The van der Waals surface area contributed by atoms with Gasteiger partial charge in [0.2, 0.25) is 10.0 Å². The molecule has 2 aromatic carbocycles. The molecule has 9 nitrogen and oxygen atoms in total. The molecule has 1 aromatic heterocycles. The highest BCUT2D eigenvalue weighted by Gasteiger charge is 2.42. The molecule has 0 spiro atoms. The van der Waals surface area contributed by atoms with Crippen molar-refractivity contribution in [3.05, 3.63) is 88.7 Å². The molecule has 1 saturated carbocycles. The largest absolute Gasteiger partial charge is 0.489 e. The molecule has 2 atom stereocenters. The van der Waals surface area contributed by atoms with Gasteiger partial charge in [-0.1, -0.05) is 35.8 Å². The van der Waals surface area contributed by atoms with Crippen LogP contribution in [0.4, 0.5) is 8.78 Å². The van der Waals surface area contributed by atoms with Crippen LogP contribution >= 0.6 is 35.0 Å². The Balaban J connectivity index is 1.42. The summed E-state index contributed by atoms with van der Waals surface area (Å²) < 4.78 is 72.9. The molecule has 1 saturated heterocycles. The number of benzene rings is 2. The predicted molar refractivity (Wildman–Crippen MR) is 172 cm³/mol. The number of halogens is 4. The van der Waals surface area contributed by atoms with Gasteiger partial charge in [0.05, 0.1) is 17.2 Å². The van der Waals surface area contributed by atoms with Crippen LogP contribution < -0.4 is 9.47 Å². The van der Waals surface area contributed by atoms with Crippen molar-refractivity contribution in [1.82, 2.24) is 14.1 Å². The minimum Gasteiger partial charge on any atom is -0.489 e. The molecule has 0 bridgehead atoms. The third-order valence-corrected chi connectivity index (χ3v) is 11.0. The van der Waals surface area contributed by atoms with Gasteiger partial charge in [-0.2, -0.15) is 18.2 Å². The average molecular weight is 715 g/mol. The average Bonchev–Trinajstić information content (AvgIpc) is 3.44. The molecule has 15 heteroatoms. The maximum Gasteiger partial charge on any atom is 0.387 e. The summed E-state index contributed by atoms with van der Waals surface area (Å²) in [6, 6.07) is 12.2. The van der Waals surface area contributed by atoms with E-state index in [9.17, 15) is 22.0 Å². The molecule has 0 unspecified atom stereocenters. The van der Waals surface area contributed by atoms with Gasteiger partial charge < -0.3 is 14.2 Å². The van der Waals surface area contributed by atoms with Crippen LogP contribution in [0.2, 0.25) is 0 Å². The van der Waals surface area contributed by atoms with E-state index in [0.717, 1.165) is 28.9 Å². The van der Waals surface area contributed by atoms with Crippen LogP contribution in [-0.4, -0.2) is 59.4 Å². The van der Waals surface area contributed by atoms with E-state index in [2.05, 4.69) is 16.4 Å². The Hall–Kier alpha value is -3.10. The molecule has 3 aromatic rings. The van der Waals surface area contributed by atoms with Crippen LogP contribution in [0, 0.1) is 5.92 Å². The molecule has 1 aliphatic heterocycles. The fraction of sp³-hybridized carbons (Fsp3) is 0.355. The summed E-state index contributed by atoms with van der Waals surface area (Å²) in [6.45, 7) is 2.68. The van der Waals surface area contributed by atoms with Crippen LogP contribution in [-0.2, 0) is 19.6 Å². The molecule has 246 valence electrons. The highest BCUT2D eigenvalue weighted by molar-refractivity contribution is 8.02. The number of nitrogens with zero attached hydrogens (tertiary/aromatic N) is 3. The predicted octanol–water partition coefficient (Wildman–Crippen LogP) is 7.27. The Morgan fingerprint density at radius 1 is 1.15 bits per heavy atom. The first-order chi connectivity index (χ1) is 21.9. The fourth-order valence-electron chi connectivity index (χ4n) is 4.79. The Morgan fingerprint density at radius 3 is 2.50 bits per heavy atom. The third kappa shape index (κ3) is 8.24. The van der Waals surface area contributed by atoms with Crippen molar-refractivity contribution < 1.29 is 36.2 Å². The van der Waals surface area contributed by atoms with E-state index >= 15 is 0 Å². The number of ether oxygens (including phenoxy) is 3. The zero-order chi connectivity index (χ0) is 33.0. The highest BCUT2D eigenvalue weighted by Crippen LogP contribution is 2.40. The second-order valence-corrected chi connectivity index (χ2v) is 14.8. The lowest BCUT2D eigenvalue weighted by Gasteiger charge is -2.26. The number of esters is 1. The minimum absolute atomic E-state index is 0.00810. The second kappa shape index (κ2) is 14.8. The number of hydrogen-bond acceptors (Lipinski definition) is 8. The van der Waals surface area contributed by atoms with Crippen molar-refractivity contribution in [2.75, 3.05) is 18.9 Å². The number of sulfonamides is 1. The maximum atomic E-state index is 13.7. The van der Waals surface area contributed by atoms with Gasteiger partial charge in [0, 0.05) is 41.2 Å². The van der Waals surface area contributed by atoms with Crippen molar-refractivity contribution in [3.63, 3.8) is 0 Å². The highest BCUT2D eigenvalue weighted by atomic mass is 35.5. The lowest BCUT2D eigenvalue weighted by atomic mass is 10.00. The van der Waals surface area contributed by atoms with Crippen LogP contribution in [0.3, 0.4) is 0 Å². The summed E-state index contributed by atoms with van der Waals surface area (Å²) in [5.74, 6) is -0.249. The van der Waals surface area contributed by atoms with Crippen LogP contribution in [0.15, 0.2) is 88.0 Å². The van der Waals surface area contributed by atoms with Crippen molar-refractivity contribution in [2.45, 2.75) is 49.2 Å². The van der Waals surface area contributed by atoms with Gasteiger partial charge in [0.1, 0.15) is 6.10 Å². The molecule has 46 heavy (non-hydrogen) atoms. The zero-order valence-electron chi connectivity index (χ0n) is 24.7. The number of thioether (sulfide) groups is 1. The molecule has 2 aliphatic rings. The molecule has 2 fully saturated rings. The second-order valence-electron chi connectivity index (χ2n) is 10.7. The first kappa shape index (κ1) is 34.2. The fourth-order valence-corrected chi connectivity index (χ4v) is 8.29. The third-order valence-electron chi connectivity index (χ3n) is 7.38. The summed E-state index contributed by atoms with van der Waals surface area (Å²) in [4.78, 5) is 13.8. The van der Waals surface area contributed by atoms with Crippen molar-refractivity contribution >= 4 is 51.0 Å². The van der Waals surface area contributed by atoms with E-state index in [0.29, 0.717) is 40.1 Å². The Labute approximate surface area is 280 Å². The van der Waals surface area contributed by atoms with Gasteiger partial charge in [-0.3, -0.25) is 0 Å². The quantitative estimate of drug-likeness (QED) is 0.127. The number of alkyl halides is 2. The van der Waals surface area contributed by atoms with E-state index in [-0.39, 0.29) is 34.4 Å². The normalized spacial score (nSPS) is 18.3. The smallest absolute Gasteiger partial charge is 0.387 e. The van der Waals surface area contributed by atoms with E-state index in [4.69, 9.17) is 32.7 Å². The molecule has 1 aliphatic carbocycles. The minimum atomic E-state index is -4.09. The van der Waals surface area contributed by atoms with Crippen LogP contribution in [0.5, 0.6) is 11.5 Å². The van der Waals surface area contributed by atoms with Crippen LogP contribution in [0.1, 0.15) is 37.9 Å². The number of allylic oxidation sites excluding steroid dienone is 2. The number of rotatable bonds is 14. The lowest BCUT2D eigenvalue weighted by molar-refractivity contribution is -0.150. The molecular formula is C31H31Cl2F2N3O6S2. The van der Waals surface area contributed by atoms with E-state index in [1.165, 1.54) is 30.3 Å². The SMILES string of the molecule is C=C(Cl)/C(C[C@H](OC(=O)[C@@H]1SCCN1S(=O)(=O)c1ccc(-n2cccn2)cc1)c1ccc(OC(F)F)c(OCC2CC2)c1)=C(\C)Cl. The summed E-state index contributed by atoms with van der Waals surface area (Å²) >= 11 is 13.7. The van der Waals surface area contributed by atoms with E-state index < -0.39 is 34.1 Å². The molecule has 0 amide bonds. The first-order valence-electron chi connectivity index (χ1n) is 14.3. The number of carbonyl (C=O) groups excluding carboxylic acids is 1. The first-order valence-corrected chi connectivity index (χ1v) is 17.5. The number of hydrogen-bond donors (Lipinski definition) is 0. The monoisotopic (exact) mass is 713 g/mol. The Kier molecular flexibility index (Phi) is 11.0. The van der Waals surface area contributed by atoms with Crippen molar-refractivity contribution in [1.29, 1.82) is 0 Å². The molecule has 2 heterocycles. The molecular weight excluding hydrogens is 683 g/mol. The van der Waals surface area contributed by atoms with Gasteiger partial charge >= 0.3 is 12.6 Å². The standard InChI is InChI=1S/C31H31Cl2F2N3O6S2/c1-19(32)25(20(2)33)17-27(22-6-11-26(44-31(34)35)28(16-22)42-18-21-4-5-21)43-30(39)29-38(14-15-45-29)46(40,41)24-9-7-23(8-10-24)37-13-3-12-36-37/h3,6-13,16,21,27,29,31H,1,4-5,14-15,17-18H2,2H3/b25-20+/t27-,29-/m0/s1. The van der Waals surface area contributed by atoms with Crippen LogP contribution in [0.25, 0.3) is 5.69 Å². The Bertz CT molecular complexity index is 1700. The van der Waals surface area contributed by atoms with Gasteiger partial charge in [0.25, 0.3) is 0 Å². The van der Waals surface area contributed by atoms with Gasteiger partial charge in [0.15, 0.2) is 16.9 Å². The van der Waals surface area contributed by atoms with Crippen molar-refractivity contribution in [3.8, 4) is 17.2 Å². The van der Waals surface area contributed by atoms with Gasteiger partial charge in [-0.05, 0) is 79.3 Å².